The molecule has 0 N–H and O–H groups in total. The molecule has 1 aromatic heterocycles. The zero-order chi connectivity index (χ0) is 21.4. The van der Waals surface area contributed by atoms with Crippen molar-refractivity contribution in [1.82, 2.24) is 9.55 Å². The predicted molar refractivity (Wildman–Crippen MR) is 128 cm³/mol. The summed E-state index contributed by atoms with van der Waals surface area (Å²) in [6, 6.07) is 29.1. The number of hydrogen-bond donors (Lipinski definition) is 0. The number of nitrogens with zero attached hydrogens (tertiary/aromatic N) is 2. The minimum Gasteiger partial charge on any atom is -0.497 e. The molecule has 0 fully saturated rings. The SMILES string of the molecule is COc1ccc2cc(C(C)c3nc4ccccc4n3Cc3cccc(Cl)c3)ccc2c1. The lowest BCUT2D eigenvalue weighted by molar-refractivity contribution is 0.415. The number of halogens is 1. The molecule has 0 aliphatic carbocycles. The summed E-state index contributed by atoms with van der Waals surface area (Å²) in [5, 5.41) is 3.12. The molecule has 0 spiro atoms. The normalized spacial score (nSPS) is 12.4. The summed E-state index contributed by atoms with van der Waals surface area (Å²) in [7, 11) is 1.70. The van der Waals surface area contributed by atoms with Crippen LogP contribution in [0.3, 0.4) is 0 Å². The smallest absolute Gasteiger partial charge is 0.119 e. The van der Waals surface area contributed by atoms with E-state index >= 15 is 0 Å². The van der Waals surface area contributed by atoms with Crippen molar-refractivity contribution in [2.24, 2.45) is 0 Å². The van der Waals surface area contributed by atoms with Crippen molar-refractivity contribution < 1.29 is 4.74 Å². The first-order chi connectivity index (χ1) is 15.1. The minimum atomic E-state index is 0.137. The fourth-order valence-electron chi connectivity index (χ4n) is 4.20. The van der Waals surface area contributed by atoms with Gasteiger partial charge in [-0.3, -0.25) is 0 Å². The molecule has 0 aliphatic heterocycles. The molecule has 154 valence electrons. The lowest BCUT2D eigenvalue weighted by Crippen LogP contribution is -2.09. The Morgan fingerprint density at radius 1 is 0.903 bits per heavy atom. The van der Waals surface area contributed by atoms with Crippen molar-refractivity contribution in [3.63, 3.8) is 0 Å². The number of imidazole rings is 1. The molecule has 1 atom stereocenters. The molecule has 4 heteroatoms. The van der Waals surface area contributed by atoms with Gasteiger partial charge in [-0.25, -0.2) is 4.98 Å². The molecule has 4 aromatic carbocycles. The summed E-state index contributed by atoms with van der Waals surface area (Å²) in [5.41, 5.74) is 4.54. The number of ether oxygens (including phenoxy) is 1. The first kappa shape index (κ1) is 19.7. The van der Waals surface area contributed by atoms with Gasteiger partial charge in [0.2, 0.25) is 0 Å². The molecule has 1 unspecified atom stereocenters. The summed E-state index contributed by atoms with van der Waals surface area (Å²) in [5.74, 6) is 2.06. The van der Waals surface area contributed by atoms with Crippen molar-refractivity contribution in [2.45, 2.75) is 19.4 Å². The maximum absolute atomic E-state index is 6.24. The van der Waals surface area contributed by atoms with Gasteiger partial charge in [0, 0.05) is 17.5 Å². The molecule has 0 radical (unpaired) electrons. The highest BCUT2D eigenvalue weighted by Gasteiger charge is 2.19. The Bertz CT molecular complexity index is 1390. The first-order valence-electron chi connectivity index (χ1n) is 10.4. The van der Waals surface area contributed by atoms with E-state index in [4.69, 9.17) is 21.3 Å². The Kier molecular flexibility index (Phi) is 5.13. The van der Waals surface area contributed by atoms with Crippen LogP contribution in [0.15, 0.2) is 84.9 Å². The highest BCUT2D eigenvalue weighted by Crippen LogP contribution is 2.31. The third-order valence-corrected chi connectivity index (χ3v) is 6.11. The topological polar surface area (TPSA) is 27.1 Å². The van der Waals surface area contributed by atoms with Gasteiger partial charge in [0.05, 0.1) is 18.1 Å². The molecular formula is C27H23ClN2O. The molecule has 31 heavy (non-hydrogen) atoms. The number of methoxy groups -OCH3 is 1. The third-order valence-electron chi connectivity index (χ3n) is 5.87. The van der Waals surface area contributed by atoms with Gasteiger partial charge in [0.25, 0.3) is 0 Å². The molecular weight excluding hydrogens is 404 g/mol. The summed E-state index contributed by atoms with van der Waals surface area (Å²) in [6.45, 7) is 2.95. The van der Waals surface area contributed by atoms with Gasteiger partial charge < -0.3 is 9.30 Å². The number of fused-ring (bicyclic) bond motifs is 2. The van der Waals surface area contributed by atoms with Crippen LogP contribution in [0.4, 0.5) is 0 Å². The van der Waals surface area contributed by atoms with Gasteiger partial charge in [-0.15, -0.1) is 0 Å². The molecule has 0 saturated heterocycles. The molecule has 3 nitrogen and oxygen atoms in total. The number of benzene rings is 4. The Hall–Kier alpha value is -3.30. The van der Waals surface area contributed by atoms with E-state index in [9.17, 15) is 0 Å². The van der Waals surface area contributed by atoms with E-state index in [1.807, 2.05) is 30.3 Å². The summed E-state index contributed by atoms with van der Waals surface area (Å²) in [4.78, 5) is 5.02. The molecule has 0 bridgehead atoms. The molecule has 5 rings (SSSR count). The average Bonchev–Trinajstić information content (AvgIpc) is 3.16. The van der Waals surface area contributed by atoms with Crippen LogP contribution in [0, 0.1) is 0 Å². The van der Waals surface area contributed by atoms with Crippen LogP contribution in [0.5, 0.6) is 5.75 Å². The van der Waals surface area contributed by atoms with Gasteiger partial charge in [-0.1, -0.05) is 67.1 Å². The second-order valence-electron chi connectivity index (χ2n) is 7.87. The van der Waals surface area contributed by atoms with Crippen molar-refractivity contribution in [2.75, 3.05) is 7.11 Å². The zero-order valence-electron chi connectivity index (χ0n) is 17.5. The van der Waals surface area contributed by atoms with Crippen molar-refractivity contribution in [1.29, 1.82) is 0 Å². The summed E-state index contributed by atoms with van der Waals surface area (Å²) < 4.78 is 7.67. The van der Waals surface area contributed by atoms with Crippen LogP contribution in [0.1, 0.15) is 29.8 Å². The number of aromatic nitrogens is 2. The Morgan fingerprint density at radius 3 is 2.55 bits per heavy atom. The summed E-state index contributed by atoms with van der Waals surface area (Å²) in [6.07, 6.45) is 0. The molecule has 0 amide bonds. The standard InChI is InChI=1S/C27H23ClN2O/c1-18(20-10-11-22-16-24(31-2)13-12-21(22)15-20)27-29-25-8-3-4-9-26(25)30(27)17-19-6-5-7-23(28)14-19/h3-16,18H,17H2,1-2H3. The van der Waals surface area contributed by atoms with Crippen molar-refractivity contribution >= 4 is 33.4 Å². The zero-order valence-corrected chi connectivity index (χ0v) is 18.3. The quantitative estimate of drug-likeness (QED) is 0.301. The molecule has 5 aromatic rings. The van der Waals surface area contributed by atoms with Crippen LogP contribution >= 0.6 is 11.6 Å². The van der Waals surface area contributed by atoms with Crippen LogP contribution < -0.4 is 4.74 Å². The first-order valence-corrected chi connectivity index (χ1v) is 10.8. The second-order valence-corrected chi connectivity index (χ2v) is 8.31. The highest BCUT2D eigenvalue weighted by molar-refractivity contribution is 6.30. The Balaban J connectivity index is 1.59. The monoisotopic (exact) mass is 426 g/mol. The maximum Gasteiger partial charge on any atom is 0.119 e. The van der Waals surface area contributed by atoms with Crippen LogP contribution in [0.25, 0.3) is 21.8 Å². The Labute approximate surface area is 186 Å². The minimum absolute atomic E-state index is 0.137. The van der Waals surface area contributed by atoms with Gasteiger partial charge in [0.1, 0.15) is 11.6 Å². The van der Waals surface area contributed by atoms with Crippen molar-refractivity contribution in [3.8, 4) is 5.75 Å². The van der Waals surface area contributed by atoms with E-state index in [1.165, 1.54) is 16.3 Å². The van der Waals surface area contributed by atoms with Crippen LogP contribution in [0.2, 0.25) is 5.02 Å². The van der Waals surface area contributed by atoms with Gasteiger partial charge in [-0.2, -0.15) is 0 Å². The van der Waals surface area contributed by atoms with E-state index in [-0.39, 0.29) is 5.92 Å². The fraction of sp³-hybridized carbons (Fsp3) is 0.148. The highest BCUT2D eigenvalue weighted by atomic mass is 35.5. The van der Waals surface area contributed by atoms with Gasteiger partial charge in [0.15, 0.2) is 0 Å². The number of hydrogen-bond acceptors (Lipinski definition) is 2. The fourth-order valence-corrected chi connectivity index (χ4v) is 4.41. The largest absolute Gasteiger partial charge is 0.497 e. The second kappa shape index (κ2) is 8.09. The van der Waals surface area contributed by atoms with E-state index in [1.54, 1.807) is 7.11 Å². The lowest BCUT2D eigenvalue weighted by Gasteiger charge is -2.16. The van der Waals surface area contributed by atoms with Crippen molar-refractivity contribution in [3.05, 3.63) is 107 Å². The van der Waals surface area contributed by atoms with Crippen LogP contribution in [-0.4, -0.2) is 16.7 Å². The summed E-state index contributed by atoms with van der Waals surface area (Å²) >= 11 is 6.24. The maximum atomic E-state index is 6.24. The van der Waals surface area contributed by atoms with E-state index in [2.05, 4.69) is 66.1 Å². The van der Waals surface area contributed by atoms with Crippen LogP contribution in [-0.2, 0) is 6.54 Å². The van der Waals surface area contributed by atoms with E-state index < -0.39 is 0 Å². The molecule has 1 heterocycles. The Morgan fingerprint density at radius 2 is 1.71 bits per heavy atom. The molecule has 0 aliphatic rings. The van der Waals surface area contributed by atoms with Gasteiger partial charge >= 0.3 is 0 Å². The predicted octanol–water partition coefficient (Wildman–Crippen LogP) is 7.05. The lowest BCUT2D eigenvalue weighted by atomic mass is 9.97. The van der Waals surface area contributed by atoms with E-state index in [0.29, 0.717) is 0 Å². The van der Waals surface area contributed by atoms with Gasteiger partial charge in [-0.05, 0) is 58.3 Å². The average molecular weight is 427 g/mol. The number of rotatable bonds is 5. The van der Waals surface area contributed by atoms with E-state index in [0.717, 1.165) is 39.7 Å². The third kappa shape index (κ3) is 3.77. The molecule has 0 saturated carbocycles. The number of para-hydroxylation sites is 2.